The molecule has 0 aliphatic carbocycles. The molecule has 0 bridgehead atoms. The van der Waals surface area contributed by atoms with Gasteiger partial charge in [0.15, 0.2) is 12.4 Å². The summed E-state index contributed by atoms with van der Waals surface area (Å²) in [4.78, 5) is 10.8. The molecule has 0 aromatic carbocycles. The maximum absolute atomic E-state index is 10.8. The second-order valence-corrected chi connectivity index (χ2v) is 4.46. The molecular weight excluding hydrogens is 232 g/mol. The molecule has 0 amide bonds. The second-order valence-electron chi connectivity index (χ2n) is 4.46. The van der Waals surface area contributed by atoms with E-state index < -0.39 is 36.7 Å². The Morgan fingerprint density at radius 3 is 2.29 bits per heavy atom. The normalized spacial score (nSPS) is 38.4. The maximum atomic E-state index is 10.8. The van der Waals surface area contributed by atoms with Gasteiger partial charge >= 0.3 is 5.97 Å². The van der Waals surface area contributed by atoms with Crippen molar-refractivity contribution in [2.75, 3.05) is 6.61 Å². The molecule has 1 saturated heterocycles. The molecule has 1 heterocycles. The number of rotatable bonds is 4. The van der Waals surface area contributed by atoms with E-state index in [0.29, 0.717) is 0 Å². The Bertz CT molecular complexity index is 267. The quantitative estimate of drug-likeness (QED) is 0.482. The van der Waals surface area contributed by atoms with E-state index >= 15 is 0 Å². The monoisotopic (exact) mass is 250 g/mol. The van der Waals surface area contributed by atoms with Gasteiger partial charge in [0.1, 0.15) is 18.3 Å². The summed E-state index contributed by atoms with van der Waals surface area (Å²) in [7, 11) is 0. The van der Waals surface area contributed by atoms with Crippen molar-refractivity contribution in [1.29, 1.82) is 0 Å². The van der Waals surface area contributed by atoms with Crippen molar-refractivity contribution >= 4 is 5.97 Å². The molecule has 0 radical (unpaired) electrons. The summed E-state index contributed by atoms with van der Waals surface area (Å²) in [6.07, 6.45) is -7.62. The molecule has 7 nitrogen and oxygen atoms in total. The third-order valence-corrected chi connectivity index (χ3v) is 2.41. The van der Waals surface area contributed by atoms with Crippen LogP contribution in [0.3, 0.4) is 0 Å². The third kappa shape index (κ3) is 3.36. The highest BCUT2D eigenvalue weighted by Gasteiger charge is 2.47. The Morgan fingerprint density at radius 2 is 1.82 bits per heavy atom. The molecule has 0 saturated carbocycles. The van der Waals surface area contributed by atoms with Crippen LogP contribution >= 0.6 is 0 Å². The number of aliphatic carboxylic acids is 1. The van der Waals surface area contributed by atoms with Crippen molar-refractivity contribution in [3.63, 3.8) is 0 Å². The summed E-state index contributed by atoms with van der Waals surface area (Å²) in [5.41, 5.74) is 0. The van der Waals surface area contributed by atoms with Crippen LogP contribution in [0.5, 0.6) is 0 Å². The number of hydrogen-bond donors (Lipinski definition) is 4. The lowest BCUT2D eigenvalue weighted by Crippen LogP contribution is -2.60. The van der Waals surface area contributed by atoms with Crippen LogP contribution in [0.1, 0.15) is 13.8 Å². The summed E-state index contributed by atoms with van der Waals surface area (Å²) in [5.74, 6) is -1.25. The van der Waals surface area contributed by atoms with E-state index in [0.717, 1.165) is 0 Å². The van der Waals surface area contributed by atoms with Crippen LogP contribution in [0, 0.1) is 5.92 Å². The lowest BCUT2D eigenvalue weighted by Gasteiger charge is -2.38. The van der Waals surface area contributed by atoms with Gasteiger partial charge < -0.3 is 29.9 Å². The average Bonchev–Trinajstić information content (AvgIpc) is 2.24. The van der Waals surface area contributed by atoms with E-state index in [1.54, 1.807) is 0 Å². The minimum atomic E-state index is -1.68. The van der Waals surface area contributed by atoms with Gasteiger partial charge in [0.25, 0.3) is 0 Å². The molecule has 7 heteroatoms. The Hall–Kier alpha value is -0.730. The molecule has 17 heavy (non-hydrogen) atoms. The third-order valence-electron chi connectivity index (χ3n) is 2.41. The van der Waals surface area contributed by atoms with Crippen LogP contribution in [-0.4, -0.2) is 63.7 Å². The molecule has 1 unspecified atom stereocenters. The average molecular weight is 250 g/mol. The van der Waals surface area contributed by atoms with E-state index in [4.69, 9.17) is 14.6 Å². The van der Waals surface area contributed by atoms with Gasteiger partial charge in [-0.05, 0) is 5.92 Å². The Balaban J connectivity index is 2.68. The molecule has 1 aliphatic rings. The lowest BCUT2D eigenvalue weighted by atomic mass is 9.99. The van der Waals surface area contributed by atoms with Gasteiger partial charge in [-0.15, -0.1) is 0 Å². The predicted octanol–water partition coefficient (Wildman–Crippen LogP) is -1.45. The molecule has 4 N–H and O–H groups in total. The van der Waals surface area contributed by atoms with Crippen molar-refractivity contribution in [2.45, 2.75) is 44.6 Å². The minimum Gasteiger partial charge on any atom is -0.479 e. The summed E-state index contributed by atoms with van der Waals surface area (Å²) >= 11 is 0. The molecule has 1 fully saturated rings. The van der Waals surface area contributed by atoms with Gasteiger partial charge in [-0.1, -0.05) is 13.8 Å². The van der Waals surface area contributed by atoms with Crippen LogP contribution in [0.15, 0.2) is 0 Å². The van der Waals surface area contributed by atoms with Gasteiger partial charge in [0.2, 0.25) is 0 Å². The van der Waals surface area contributed by atoms with Crippen LogP contribution in [0.2, 0.25) is 0 Å². The standard InChI is InChI=1S/C10H18O7/c1-4(2)3-16-10-7(13)5(11)6(12)8(17-10)9(14)15/h4-8,10-13H,3H2,1-2H3,(H,14,15)/t5-,6-,7+,8-,10?/m0/s1. The first-order chi connectivity index (χ1) is 7.84. The zero-order chi connectivity index (χ0) is 13.2. The number of carboxylic acids is 1. The summed E-state index contributed by atoms with van der Waals surface area (Å²) in [5, 5.41) is 37.2. The molecule has 1 rings (SSSR count). The van der Waals surface area contributed by atoms with E-state index in [1.165, 1.54) is 0 Å². The zero-order valence-electron chi connectivity index (χ0n) is 9.68. The van der Waals surface area contributed by atoms with Crippen LogP contribution in [-0.2, 0) is 14.3 Å². The van der Waals surface area contributed by atoms with Crippen molar-refractivity contribution in [3.8, 4) is 0 Å². The highest BCUT2D eigenvalue weighted by atomic mass is 16.7. The Kier molecular flexibility index (Phi) is 4.84. The van der Waals surface area contributed by atoms with Crippen molar-refractivity contribution in [1.82, 2.24) is 0 Å². The topological polar surface area (TPSA) is 116 Å². The lowest BCUT2D eigenvalue weighted by molar-refractivity contribution is -0.295. The summed E-state index contributed by atoms with van der Waals surface area (Å²) in [6, 6.07) is 0. The minimum absolute atomic E-state index is 0.165. The highest BCUT2D eigenvalue weighted by Crippen LogP contribution is 2.22. The Labute approximate surface area is 98.6 Å². The summed E-state index contributed by atoms with van der Waals surface area (Å²) in [6.45, 7) is 3.99. The predicted molar refractivity (Wildman–Crippen MR) is 55.1 cm³/mol. The largest absolute Gasteiger partial charge is 0.479 e. The molecule has 1 aliphatic heterocycles. The number of hydrogen-bond acceptors (Lipinski definition) is 6. The fourth-order valence-corrected chi connectivity index (χ4v) is 1.48. The van der Waals surface area contributed by atoms with Gasteiger partial charge in [-0.3, -0.25) is 0 Å². The first-order valence-electron chi connectivity index (χ1n) is 5.38. The van der Waals surface area contributed by atoms with E-state index in [2.05, 4.69) is 0 Å². The van der Waals surface area contributed by atoms with Crippen molar-refractivity contribution in [3.05, 3.63) is 0 Å². The number of carboxylic acid groups (broad SMARTS) is 1. The SMILES string of the molecule is CC(C)COC1O[C@H](C(=O)O)[C@@H](O)[C@H](O)[C@H]1O. The second kappa shape index (κ2) is 5.74. The fourth-order valence-electron chi connectivity index (χ4n) is 1.48. The summed E-state index contributed by atoms with van der Waals surface area (Å²) < 4.78 is 10.1. The van der Waals surface area contributed by atoms with Gasteiger partial charge in [0, 0.05) is 0 Å². The number of aliphatic hydroxyl groups is 3. The van der Waals surface area contributed by atoms with Crippen molar-refractivity contribution in [2.24, 2.45) is 5.92 Å². The van der Waals surface area contributed by atoms with Crippen LogP contribution < -0.4 is 0 Å². The molecule has 5 atom stereocenters. The first kappa shape index (κ1) is 14.3. The maximum Gasteiger partial charge on any atom is 0.335 e. The Morgan fingerprint density at radius 1 is 1.24 bits per heavy atom. The van der Waals surface area contributed by atoms with E-state index in [9.17, 15) is 20.1 Å². The molecule has 0 aromatic rings. The number of carbonyl (C=O) groups is 1. The smallest absolute Gasteiger partial charge is 0.335 e. The molecular formula is C10H18O7. The molecule has 0 aromatic heterocycles. The molecule has 100 valence electrons. The highest BCUT2D eigenvalue weighted by molar-refractivity contribution is 5.73. The van der Waals surface area contributed by atoms with E-state index in [1.807, 2.05) is 13.8 Å². The zero-order valence-corrected chi connectivity index (χ0v) is 9.68. The molecule has 0 spiro atoms. The van der Waals surface area contributed by atoms with Gasteiger partial charge in [0.05, 0.1) is 6.61 Å². The van der Waals surface area contributed by atoms with Gasteiger partial charge in [-0.25, -0.2) is 4.79 Å². The fraction of sp³-hybridized carbons (Fsp3) is 0.900. The number of aliphatic hydroxyl groups excluding tert-OH is 3. The van der Waals surface area contributed by atoms with Crippen molar-refractivity contribution < 1.29 is 34.7 Å². The van der Waals surface area contributed by atoms with E-state index in [-0.39, 0.29) is 12.5 Å². The number of ether oxygens (including phenoxy) is 2. The van der Waals surface area contributed by atoms with Crippen LogP contribution in [0.25, 0.3) is 0 Å². The van der Waals surface area contributed by atoms with Gasteiger partial charge in [-0.2, -0.15) is 0 Å². The first-order valence-corrected chi connectivity index (χ1v) is 5.38. The van der Waals surface area contributed by atoms with Crippen LogP contribution in [0.4, 0.5) is 0 Å².